The average Bonchev–Trinajstić information content (AvgIpc) is 2.47. The lowest BCUT2D eigenvalue weighted by atomic mass is 10.1. The van der Waals surface area contributed by atoms with E-state index in [1.54, 1.807) is 12.3 Å². The summed E-state index contributed by atoms with van der Waals surface area (Å²) in [5, 5.41) is 9.02. The molecule has 0 saturated carbocycles. The van der Waals surface area contributed by atoms with Gasteiger partial charge in [0.15, 0.2) is 0 Å². The maximum absolute atomic E-state index is 9.02. The predicted octanol–water partition coefficient (Wildman–Crippen LogP) is 2.80. The Balaban J connectivity index is 2.21. The highest BCUT2D eigenvalue weighted by Crippen LogP contribution is 2.30. The van der Waals surface area contributed by atoms with Crippen molar-refractivity contribution in [3.8, 4) is 11.8 Å². The Morgan fingerprint density at radius 1 is 1.25 bits per heavy atom. The standard InChI is InChI=1S/C15H14BrN3O/c16-13-5-1-3-11(6-7-17)15(13)20-10-12-4-2-8-19-14(12)9-18/h1-5,8H,6-7,10,17H2. The Hall–Kier alpha value is -1.90. The third-order valence-electron chi connectivity index (χ3n) is 2.83. The van der Waals surface area contributed by atoms with Crippen LogP contribution in [0.4, 0.5) is 0 Å². The number of halogens is 1. The van der Waals surface area contributed by atoms with Crippen molar-refractivity contribution in [2.75, 3.05) is 6.54 Å². The van der Waals surface area contributed by atoms with Crippen molar-refractivity contribution in [3.05, 3.63) is 57.8 Å². The van der Waals surface area contributed by atoms with Crippen molar-refractivity contribution >= 4 is 15.9 Å². The molecule has 102 valence electrons. The zero-order valence-corrected chi connectivity index (χ0v) is 12.4. The Morgan fingerprint density at radius 3 is 2.80 bits per heavy atom. The number of nitrogens with two attached hydrogens (primary N) is 1. The molecule has 1 aromatic heterocycles. The minimum absolute atomic E-state index is 0.302. The van der Waals surface area contributed by atoms with Crippen molar-refractivity contribution in [1.29, 1.82) is 5.26 Å². The Labute approximate surface area is 126 Å². The zero-order chi connectivity index (χ0) is 14.4. The molecule has 0 bridgehead atoms. The number of ether oxygens (including phenoxy) is 1. The van der Waals surface area contributed by atoms with E-state index in [1.165, 1.54) is 0 Å². The van der Waals surface area contributed by atoms with Crippen LogP contribution in [0.15, 0.2) is 41.0 Å². The van der Waals surface area contributed by atoms with E-state index in [2.05, 4.69) is 27.0 Å². The lowest BCUT2D eigenvalue weighted by molar-refractivity contribution is 0.300. The first-order valence-corrected chi connectivity index (χ1v) is 6.99. The summed E-state index contributed by atoms with van der Waals surface area (Å²) >= 11 is 3.48. The van der Waals surface area contributed by atoms with Crippen LogP contribution in [0.3, 0.4) is 0 Å². The molecule has 5 heteroatoms. The van der Waals surface area contributed by atoms with Gasteiger partial charge >= 0.3 is 0 Å². The van der Waals surface area contributed by atoms with Gasteiger partial charge in [-0.05, 0) is 46.6 Å². The quantitative estimate of drug-likeness (QED) is 0.914. The van der Waals surface area contributed by atoms with Gasteiger partial charge in [-0.15, -0.1) is 0 Å². The van der Waals surface area contributed by atoms with Crippen LogP contribution in [-0.2, 0) is 13.0 Å². The summed E-state index contributed by atoms with van der Waals surface area (Å²) in [6, 6.07) is 11.6. The highest BCUT2D eigenvalue weighted by molar-refractivity contribution is 9.10. The molecule has 0 radical (unpaired) electrons. The minimum Gasteiger partial charge on any atom is -0.487 e. The van der Waals surface area contributed by atoms with Gasteiger partial charge in [-0.3, -0.25) is 0 Å². The molecule has 2 N–H and O–H groups in total. The number of benzene rings is 1. The van der Waals surface area contributed by atoms with Crippen molar-refractivity contribution in [2.45, 2.75) is 13.0 Å². The summed E-state index contributed by atoms with van der Waals surface area (Å²) in [4.78, 5) is 4.02. The molecule has 0 unspecified atom stereocenters. The van der Waals surface area contributed by atoms with Crippen LogP contribution in [0, 0.1) is 11.3 Å². The third kappa shape index (κ3) is 3.35. The lowest BCUT2D eigenvalue weighted by Crippen LogP contribution is -2.06. The summed E-state index contributed by atoms with van der Waals surface area (Å²) in [6.07, 6.45) is 2.34. The van der Waals surface area contributed by atoms with Gasteiger partial charge in [-0.1, -0.05) is 18.2 Å². The molecule has 4 nitrogen and oxygen atoms in total. The van der Waals surface area contributed by atoms with E-state index in [1.807, 2.05) is 24.3 Å². The van der Waals surface area contributed by atoms with Gasteiger partial charge in [0.05, 0.1) is 4.47 Å². The van der Waals surface area contributed by atoms with E-state index in [-0.39, 0.29) is 0 Å². The second kappa shape index (κ2) is 7.04. The summed E-state index contributed by atoms with van der Waals surface area (Å²) in [5.74, 6) is 0.769. The van der Waals surface area contributed by atoms with Crippen LogP contribution in [0.2, 0.25) is 0 Å². The highest BCUT2D eigenvalue weighted by Gasteiger charge is 2.09. The number of nitriles is 1. The molecule has 20 heavy (non-hydrogen) atoms. The normalized spacial score (nSPS) is 10.1. The summed E-state index contributed by atoms with van der Waals surface area (Å²) < 4.78 is 6.74. The fourth-order valence-electron chi connectivity index (χ4n) is 1.87. The van der Waals surface area contributed by atoms with E-state index < -0.39 is 0 Å². The second-order valence-electron chi connectivity index (χ2n) is 4.18. The third-order valence-corrected chi connectivity index (χ3v) is 3.46. The Kier molecular flexibility index (Phi) is 5.10. The number of aromatic nitrogens is 1. The molecule has 0 aliphatic carbocycles. The zero-order valence-electron chi connectivity index (χ0n) is 10.8. The molecule has 0 amide bonds. The molecule has 0 aliphatic heterocycles. The summed E-state index contributed by atoms with van der Waals surface area (Å²) in [6.45, 7) is 0.861. The fraction of sp³-hybridized carbons (Fsp3) is 0.200. The van der Waals surface area contributed by atoms with Gasteiger partial charge in [-0.25, -0.2) is 4.98 Å². The molecular weight excluding hydrogens is 318 g/mol. The molecule has 0 atom stereocenters. The van der Waals surface area contributed by atoms with Gasteiger partial charge in [0.25, 0.3) is 0 Å². The maximum Gasteiger partial charge on any atom is 0.147 e. The van der Waals surface area contributed by atoms with Gasteiger partial charge in [0.2, 0.25) is 0 Å². The Morgan fingerprint density at radius 2 is 2.05 bits per heavy atom. The van der Waals surface area contributed by atoms with E-state index in [0.717, 1.165) is 27.8 Å². The van der Waals surface area contributed by atoms with Crippen molar-refractivity contribution in [1.82, 2.24) is 4.98 Å². The van der Waals surface area contributed by atoms with Crippen molar-refractivity contribution in [2.24, 2.45) is 5.73 Å². The second-order valence-corrected chi connectivity index (χ2v) is 5.03. The van der Waals surface area contributed by atoms with E-state index in [9.17, 15) is 0 Å². The smallest absolute Gasteiger partial charge is 0.147 e. The highest BCUT2D eigenvalue weighted by atomic mass is 79.9. The molecular formula is C15H14BrN3O. The SMILES string of the molecule is N#Cc1ncccc1COc1c(Br)cccc1CCN. The van der Waals surface area contributed by atoms with Crippen LogP contribution in [0.5, 0.6) is 5.75 Å². The largest absolute Gasteiger partial charge is 0.487 e. The molecule has 1 aromatic carbocycles. The topological polar surface area (TPSA) is 71.9 Å². The molecule has 0 spiro atoms. The van der Waals surface area contributed by atoms with Gasteiger partial charge < -0.3 is 10.5 Å². The van der Waals surface area contributed by atoms with Crippen LogP contribution in [-0.4, -0.2) is 11.5 Å². The summed E-state index contributed by atoms with van der Waals surface area (Å²) in [7, 11) is 0. The minimum atomic E-state index is 0.302. The molecule has 2 rings (SSSR count). The van der Waals surface area contributed by atoms with E-state index in [4.69, 9.17) is 15.7 Å². The van der Waals surface area contributed by atoms with Gasteiger partial charge in [0.1, 0.15) is 24.1 Å². The van der Waals surface area contributed by atoms with Crippen LogP contribution in [0.25, 0.3) is 0 Å². The Bertz CT molecular complexity index is 637. The number of hydrogen-bond donors (Lipinski definition) is 1. The number of para-hydroxylation sites is 1. The van der Waals surface area contributed by atoms with Gasteiger partial charge in [-0.2, -0.15) is 5.26 Å². The maximum atomic E-state index is 9.02. The van der Waals surface area contributed by atoms with Gasteiger partial charge in [0, 0.05) is 11.8 Å². The first-order chi connectivity index (χ1) is 9.76. The van der Waals surface area contributed by atoms with Crippen LogP contribution >= 0.6 is 15.9 Å². The molecule has 0 fully saturated rings. The van der Waals surface area contributed by atoms with Crippen LogP contribution < -0.4 is 10.5 Å². The molecule has 1 heterocycles. The van der Waals surface area contributed by atoms with Crippen molar-refractivity contribution < 1.29 is 4.74 Å². The predicted molar refractivity (Wildman–Crippen MR) is 80.2 cm³/mol. The first kappa shape index (κ1) is 14.5. The summed E-state index contributed by atoms with van der Waals surface area (Å²) in [5.41, 5.74) is 7.81. The first-order valence-electron chi connectivity index (χ1n) is 6.20. The number of rotatable bonds is 5. The molecule has 2 aromatic rings. The van der Waals surface area contributed by atoms with Crippen molar-refractivity contribution in [3.63, 3.8) is 0 Å². The van der Waals surface area contributed by atoms with E-state index in [0.29, 0.717) is 18.8 Å². The number of hydrogen-bond acceptors (Lipinski definition) is 4. The number of pyridine rings is 1. The lowest BCUT2D eigenvalue weighted by Gasteiger charge is -2.13. The number of nitrogens with zero attached hydrogens (tertiary/aromatic N) is 2. The fourth-order valence-corrected chi connectivity index (χ4v) is 2.39. The monoisotopic (exact) mass is 331 g/mol. The average molecular weight is 332 g/mol. The van der Waals surface area contributed by atoms with E-state index >= 15 is 0 Å². The van der Waals surface area contributed by atoms with Crippen LogP contribution in [0.1, 0.15) is 16.8 Å². The molecule has 0 saturated heterocycles. The molecule has 0 aliphatic rings.